The number of nitrogens with one attached hydrogen (secondary N) is 1. The summed E-state index contributed by atoms with van der Waals surface area (Å²) in [5.74, 6) is -0.350. The van der Waals surface area contributed by atoms with Gasteiger partial charge in [-0.05, 0) is 23.8 Å². The summed E-state index contributed by atoms with van der Waals surface area (Å²) < 4.78 is 27.4. The van der Waals surface area contributed by atoms with E-state index in [4.69, 9.17) is 0 Å². The molecule has 0 aliphatic carbocycles. The van der Waals surface area contributed by atoms with Gasteiger partial charge in [0.15, 0.2) is 0 Å². The van der Waals surface area contributed by atoms with E-state index in [-0.39, 0.29) is 5.82 Å². The van der Waals surface area contributed by atoms with Crippen LogP contribution in [-0.4, -0.2) is 14.3 Å². The Morgan fingerprint density at radius 1 is 1.28 bits per heavy atom. The molecule has 0 saturated carbocycles. The predicted octanol–water partition coefficient (Wildman–Crippen LogP) is 3.03. The molecule has 1 aromatic carbocycles. The first-order chi connectivity index (χ1) is 8.72. The van der Waals surface area contributed by atoms with Crippen molar-refractivity contribution < 1.29 is 8.60 Å². The molecule has 1 aliphatic rings. The maximum Gasteiger partial charge on any atom is 0.142 e. The molecular formula is C12H9FN2OS2. The fourth-order valence-corrected chi connectivity index (χ4v) is 3.89. The van der Waals surface area contributed by atoms with Crippen LogP contribution in [0.2, 0.25) is 0 Å². The van der Waals surface area contributed by atoms with E-state index in [1.54, 1.807) is 6.20 Å². The Balaban J connectivity index is 2.02. The molecule has 1 N–H and O–H groups in total. The molecule has 0 bridgehead atoms. The number of rotatable bonds is 1. The van der Waals surface area contributed by atoms with E-state index in [9.17, 15) is 8.60 Å². The van der Waals surface area contributed by atoms with Crippen LogP contribution >= 0.6 is 11.8 Å². The van der Waals surface area contributed by atoms with Crippen molar-refractivity contribution >= 4 is 28.4 Å². The van der Waals surface area contributed by atoms with Crippen molar-refractivity contribution in [3.05, 3.63) is 42.5 Å². The monoisotopic (exact) mass is 280 g/mol. The van der Waals surface area contributed by atoms with E-state index in [0.29, 0.717) is 5.08 Å². The van der Waals surface area contributed by atoms with Gasteiger partial charge in [-0.25, -0.2) is 8.60 Å². The fraction of sp³-hybridized carbons (Fsp3) is 0.0833. The van der Waals surface area contributed by atoms with Gasteiger partial charge in [-0.1, -0.05) is 6.07 Å². The molecule has 2 aromatic rings. The lowest BCUT2D eigenvalue weighted by Gasteiger charge is -2.17. The Bertz CT molecular complexity index is 633. The lowest BCUT2D eigenvalue weighted by atomic mass is 10.1. The molecule has 0 spiro atoms. The van der Waals surface area contributed by atoms with Crippen LogP contribution < -0.4 is 4.72 Å². The van der Waals surface area contributed by atoms with Gasteiger partial charge < -0.3 is 4.72 Å². The molecule has 1 unspecified atom stereocenters. The maximum absolute atomic E-state index is 13.1. The average Bonchev–Trinajstić information content (AvgIpc) is 2.38. The van der Waals surface area contributed by atoms with Crippen molar-refractivity contribution in [2.24, 2.45) is 0 Å². The van der Waals surface area contributed by atoms with Crippen molar-refractivity contribution in [1.29, 1.82) is 0 Å². The van der Waals surface area contributed by atoms with Crippen LogP contribution in [0.3, 0.4) is 0 Å². The number of hydrogen-bond donors (Lipinski definition) is 1. The number of thioether (sulfide) groups is 1. The summed E-state index contributed by atoms with van der Waals surface area (Å²) in [4.78, 5) is 4.86. The van der Waals surface area contributed by atoms with Gasteiger partial charge in [-0.15, -0.1) is 11.8 Å². The molecule has 1 atom stereocenters. The van der Waals surface area contributed by atoms with E-state index in [1.807, 2.05) is 18.2 Å². The molecule has 1 aliphatic heterocycles. The zero-order chi connectivity index (χ0) is 12.5. The molecule has 92 valence electrons. The van der Waals surface area contributed by atoms with Gasteiger partial charge >= 0.3 is 0 Å². The summed E-state index contributed by atoms with van der Waals surface area (Å²) in [5.41, 5.74) is 2.51. The lowest BCUT2D eigenvalue weighted by Crippen LogP contribution is -2.11. The first-order valence-corrected chi connectivity index (χ1v) is 7.55. The zero-order valence-electron chi connectivity index (χ0n) is 9.22. The third-order valence-electron chi connectivity index (χ3n) is 2.57. The van der Waals surface area contributed by atoms with Crippen LogP contribution in [0.25, 0.3) is 11.1 Å². The van der Waals surface area contributed by atoms with Crippen molar-refractivity contribution in [2.75, 3.05) is 9.81 Å². The SMILES string of the molecule is O=S1CSc2cc(-c3cncc(F)c3)ccc2N1. The molecule has 1 aromatic heterocycles. The fourth-order valence-electron chi connectivity index (χ4n) is 1.74. The van der Waals surface area contributed by atoms with E-state index < -0.39 is 11.0 Å². The molecule has 3 rings (SSSR count). The number of benzene rings is 1. The Morgan fingerprint density at radius 3 is 3.00 bits per heavy atom. The summed E-state index contributed by atoms with van der Waals surface area (Å²) in [6.07, 6.45) is 2.81. The van der Waals surface area contributed by atoms with E-state index >= 15 is 0 Å². The summed E-state index contributed by atoms with van der Waals surface area (Å²) >= 11 is 1.53. The predicted molar refractivity (Wildman–Crippen MR) is 72.1 cm³/mol. The summed E-state index contributed by atoms with van der Waals surface area (Å²) in [6, 6.07) is 7.14. The average molecular weight is 280 g/mol. The number of halogens is 1. The highest BCUT2D eigenvalue weighted by atomic mass is 32.2. The maximum atomic E-state index is 13.1. The van der Waals surface area contributed by atoms with Crippen LogP contribution in [0.15, 0.2) is 41.6 Å². The lowest BCUT2D eigenvalue weighted by molar-refractivity contribution is 0.622. The third-order valence-corrected chi connectivity index (χ3v) is 4.99. The van der Waals surface area contributed by atoms with Crippen LogP contribution in [0.4, 0.5) is 10.1 Å². The van der Waals surface area contributed by atoms with Gasteiger partial charge in [-0.3, -0.25) is 4.98 Å². The minimum atomic E-state index is -1.02. The van der Waals surface area contributed by atoms with Gasteiger partial charge in [0, 0.05) is 16.7 Å². The number of fused-ring (bicyclic) bond motifs is 1. The number of pyridine rings is 1. The second kappa shape index (κ2) is 4.70. The highest BCUT2D eigenvalue weighted by Gasteiger charge is 2.14. The van der Waals surface area contributed by atoms with Crippen molar-refractivity contribution in [3.8, 4) is 11.1 Å². The second-order valence-corrected chi connectivity index (χ2v) is 6.38. The van der Waals surface area contributed by atoms with Crippen LogP contribution in [-0.2, 0) is 11.0 Å². The van der Waals surface area contributed by atoms with Crippen LogP contribution in [0.5, 0.6) is 0 Å². The molecule has 2 heterocycles. The van der Waals surface area contributed by atoms with Crippen LogP contribution in [0, 0.1) is 5.82 Å². The number of aromatic nitrogens is 1. The number of nitrogens with zero attached hydrogens (tertiary/aromatic N) is 1. The van der Waals surface area contributed by atoms with Crippen molar-refractivity contribution in [3.63, 3.8) is 0 Å². The van der Waals surface area contributed by atoms with Gasteiger partial charge in [0.2, 0.25) is 0 Å². The summed E-state index contributed by atoms with van der Waals surface area (Å²) in [6.45, 7) is 0. The van der Waals surface area contributed by atoms with E-state index in [0.717, 1.165) is 21.7 Å². The minimum absolute atomic E-state index is 0.350. The highest BCUT2D eigenvalue weighted by molar-refractivity contribution is 8.11. The molecular weight excluding hydrogens is 271 g/mol. The van der Waals surface area contributed by atoms with Gasteiger partial charge in [-0.2, -0.15) is 0 Å². The molecule has 0 radical (unpaired) electrons. The number of anilines is 1. The van der Waals surface area contributed by atoms with Gasteiger partial charge in [0.1, 0.15) is 16.8 Å². The largest absolute Gasteiger partial charge is 0.303 e. The Morgan fingerprint density at radius 2 is 2.17 bits per heavy atom. The third kappa shape index (κ3) is 2.26. The normalized spacial score (nSPS) is 17.9. The first kappa shape index (κ1) is 11.7. The molecule has 0 saturated heterocycles. The van der Waals surface area contributed by atoms with Gasteiger partial charge in [0.05, 0.1) is 17.0 Å². The number of hydrogen-bond acceptors (Lipinski definition) is 3. The smallest absolute Gasteiger partial charge is 0.142 e. The highest BCUT2D eigenvalue weighted by Crippen LogP contribution is 2.35. The Hall–Kier alpha value is -1.40. The quantitative estimate of drug-likeness (QED) is 0.873. The molecule has 6 heteroatoms. The van der Waals surface area contributed by atoms with E-state index in [2.05, 4.69) is 9.71 Å². The first-order valence-electron chi connectivity index (χ1n) is 5.25. The summed E-state index contributed by atoms with van der Waals surface area (Å²) in [5, 5.41) is 0.526. The second-order valence-electron chi connectivity index (χ2n) is 3.81. The molecule has 0 amide bonds. The molecule has 18 heavy (non-hydrogen) atoms. The Kier molecular flexibility index (Phi) is 3.05. The van der Waals surface area contributed by atoms with Crippen molar-refractivity contribution in [1.82, 2.24) is 4.98 Å². The Labute approximate surface area is 110 Å². The molecule has 0 fully saturated rings. The zero-order valence-corrected chi connectivity index (χ0v) is 10.9. The van der Waals surface area contributed by atoms with Gasteiger partial charge in [0.25, 0.3) is 0 Å². The minimum Gasteiger partial charge on any atom is -0.303 e. The molecule has 3 nitrogen and oxygen atoms in total. The van der Waals surface area contributed by atoms with E-state index in [1.165, 1.54) is 24.0 Å². The topological polar surface area (TPSA) is 42.0 Å². The summed E-state index contributed by atoms with van der Waals surface area (Å²) in [7, 11) is -1.02. The van der Waals surface area contributed by atoms with Crippen LogP contribution in [0.1, 0.15) is 0 Å². The standard InChI is InChI=1S/C12H9FN2OS2/c13-10-3-9(5-14-6-10)8-1-2-11-12(4-8)17-7-18(16)15-11/h1-6,15H,7H2. The van der Waals surface area contributed by atoms with Crippen molar-refractivity contribution in [2.45, 2.75) is 4.90 Å².